The van der Waals surface area contributed by atoms with Crippen molar-refractivity contribution in [2.24, 2.45) is 17.1 Å². The van der Waals surface area contributed by atoms with E-state index in [1.54, 1.807) is 0 Å². The van der Waals surface area contributed by atoms with Crippen LogP contribution in [0.15, 0.2) is 0 Å². The van der Waals surface area contributed by atoms with Gasteiger partial charge in [0.2, 0.25) is 5.91 Å². The molecule has 0 aliphatic rings. The minimum absolute atomic E-state index is 0.114. The Morgan fingerprint density at radius 2 is 2.00 bits per heavy atom. The molecule has 0 aromatic carbocycles. The van der Waals surface area contributed by atoms with Crippen molar-refractivity contribution in [3.63, 3.8) is 0 Å². The van der Waals surface area contributed by atoms with Crippen LogP contribution < -0.4 is 11.1 Å². The van der Waals surface area contributed by atoms with Crippen LogP contribution in [0.2, 0.25) is 0 Å². The summed E-state index contributed by atoms with van der Waals surface area (Å²) in [6.07, 6.45) is 1.77. The highest BCUT2D eigenvalue weighted by Crippen LogP contribution is 2.19. The van der Waals surface area contributed by atoms with E-state index in [1.807, 2.05) is 13.8 Å². The normalized spacial score (nSPS) is 11.9. The Morgan fingerprint density at radius 1 is 1.43 bits per heavy atom. The summed E-state index contributed by atoms with van der Waals surface area (Å²) in [4.78, 5) is 11.7. The summed E-state index contributed by atoms with van der Waals surface area (Å²) in [5, 5.41) is 2.94. The largest absolute Gasteiger partial charge is 0.356 e. The molecule has 0 bridgehead atoms. The number of nitrogens with two attached hydrogens (primary N) is 1. The van der Waals surface area contributed by atoms with E-state index in [2.05, 4.69) is 19.2 Å². The molecule has 84 valence electrons. The van der Waals surface area contributed by atoms with Crippen molar-refractivity contribution in [3.8, 4) is 0 Å². The first-order valence-electron chi connectivity index (χ1n) is 5.38. The monoisotopic (exact) mass is 200 g/mol. The lowest BCUT2D eigenvalue weighted by molar-refractivity contribution is -0.129. The lowest BCUT2D eigenvalue weighted by Crippen LogP contribution is -2.38. The average Bonchev–Trinajstić information content (AvgIpc) is 2.03. The van der Waals surface area contributed by atoms with Crippen LogP contribution in [0.3, 0.4) is 0 Å². The molecule has 14 heavy (non-hydrogen) atoms. The Morgan fingerprint density at radius 3 is 2.43 bits per heavy atom. The summed E-state index contributed by atoms with van der Waals surface area (Å²) < 4.78 is 0. The summed E-state index contributed by atoms with van der Waals surface area (Å²) in [7, 11) is 0. The Bertz CT molecular complexity index is 176. The van der Waals surface area contributed by atoms with E-state index in [-0.39, 0.29) is 11.3 Å². The summed E-state index contributed by atoms with van der Waals surface area (Å²) in [6.45, 7) is 9.50. The number of carbonyl (C=O) groups is 1. The smallest absolute Gasteiger partial charge is 0.225 e. The molecule has 3 heteroatoms. The predicted molar refractivity (Wildman–Crippen MR) is 59.9 cm³/mol. The zero-order valence-electron chi connectivity index (χ0n) is 9.89. The van der Waals surface area contributed by atoms with Crippen molar-refractivity contribution in [1.29, 1.82) is 0 Å². The summed E-state index contributed by atoms with van der Waals surface area (Å²) >= 11 is 0. The fraction of sp³-hybridized carbons (Fsp3) is 0.909. The molecule has 0 spiro atoms. The standard InChI is InChI=1S/C11H24N2O/c1-9(2)5-8-13-10(14)11(3,4)6-7-12/h9H,5-8,12H2,1-4H3,(H,13,14). The maximum Gasteiger partial charge on any atom is 0.225 e. The van der Waals surface area contributed by atoms with Crippen molar-refractivity contribution in [2.75, 3.05) is 13.1 Å². The summed E-state index contributed by atoms with van der Waals surface area (Å²) in [6, 6.07) is 0. The van der Waals surface area contributed by atoms with Gasteiger partial charge in [0.05, 0.1) is 0 Å². The molecule has 0 aromatic rings. The average molecular weight is 200 g/mol. The summed E-state index contributed by atoms with van der Waals surface area (Å²) in [5.41, 5.74) is 5.12. The van der Waals surface area contributed by atoms with Crippen LogP contribution in [0.4, 0.5) is 0 Å². The summed E-state index contributed by atoms with van der Waals surface area (Å²) in [5.74, 6) is 0.747. The zero-order chi connectivity index (χ0) is 11.2. The van der Waals surface area contributed by atoms with E-state index in [4.69, 9.17) is 5.73 Å². The highest BCUT2D eigenvalue weighted by Gasteiger charge is 2.25. The number of amides is 1. The number of hydrogen-bond donors (Lipinski definition) is 2. The minimum atomic E-state index is -0.328. The van der Waals surface area contributed by atoms with Crippen LogP contribution in [-0.2, 0) is 4.79 Å². The van der Waals surface area contributed by atoms with E-state index in [1.165, 1.54) is 0 Å². The van der Waals surface area contributed by atoms with Crippen LogP contribution in [0, 0.1) is 11.3 Å². The molecule has 3 N–H and O–H groups in total. The van der Waals surface area contributed by atoms with Gasteiger partial charge in [-0.2, -0.15) is 0 Å². The molecule has 0 heterocycles. The number of carbonyl (C=O) groups excluding carboxylic acids is 1. The van der Waals surface area contributed by atoms with Gasteiger partial charge in [-0.05, 0) is 25.3 Å². The third-order valence-electron chi connectivity index (χ3n) is 2.39. The van der Waals surface area contributed by atoms with Crippen LogP contribution >= 0.6 is 0 Å². The molecular weight excluding hydrogens is 176 g/mol. The predicted octanol–water partition coefficient (Wildman–Crippen LogP) is 1.52. The topological polar surface area (TPSA) is 55.1 Å². The first-order valence-corrected chi connectivity index (χ1v) is 5.38. The Hall–Kier alpha value is -0.570. The number of hydrogen-bond acceptors (Lipinski definition) is 2. The lowest BCUT2D eigenvalue weighted by Gasteiger charge is -2.22. The maximum atomic E-state index is 11.7. The van der Waals surface area contributed by atoms with E-state index < -0.39 is 0 Å². The quantitative estimate of drug-likeness (QED) is 0.683. The van der Waals surface area contributed by atoms with Crippen molar-refractivity contribution >= 4 is 5.91 Å². The molecular formula is C11H24N2O. The molecule has 0 radical (unpaired) electrons. The van der Waals surface area contributed by atoms with Crippen LogP contribution in [0.1, 0.15) is 40.5 Å². The van der Waals surface area contributed by atoms with Gasteiger partial charge in [-0.15, -0.1) is 0 Å². The fourth-order valence-corrected chi connectivity index (χ4v) is 1.19. The zero-order valence-corrected chi connectivity index (χ0v) is 9.89. The number of nitrogens with one attached hydrogen (secondary N) is 1. The number of rotatable bonds is 6. The van der Waals surface area contributed by atoms with E-state index in [0.717, 1.165) is 19.4 Å². The second kappa shape index (κ2) is 6.02. The van der Waals surface area contributed by atoms with Gasteiger partial charge in [-0.25, -0.2) is 0 Å². The molecule has 0 rings (SSSR count). The second-order valence-electron chi connectivity index (χ2n) is 4.86. The van der Waals surface area contributed by atoms with Crippen LogP contribution in [0.5, 0.6) is 0 Å². The van der Waals surface area contributed by atoms with Crippen molar-refractivity contribution < 1.29 is 4.79 Å². The molecule has 0 fully saturated rings. The van der Waals surface area contributed by atoms with E-state index in [0.29, 0.717) is 12.5 Å². The molecule has 0 atom stereocenters. The molecule has 0 unspecified atom stereocenters. The highest BCUT2D eigenvalue weighted by molar-refractivity contribution is 5.81. The Balaban J connectivity index is 3.83. The van der Waals surface area contributed by atoms with Gasteiger partial charge in [-0.1, -0.05) is 27.7 Å². The van der Waals surface area contributed by atoms with Gasteiger partial charge in [0.15, 0.2) is 0 Å². The Labute approximate surface area is 87.4 Å². The van der Waals surface area contributed by atoms with Gasteiger partial charge in [0.25, 0.3) is 0 Å². The molecule has 0 aliphatic carbocycles. The van der Waals surface area contributed by atoms with Crippen LogP contribution in [0.25, 0.3) is 0 Å². The van der Waals surface area contributed by atoms with Crippen molar-refractivity contribution in [3.05, 3.63) is 0 Å². The van der Waals surface area contributed by atoms with E-state index >= 15 is 0 Å². The lowest BCUT2D eigenvalue weighted by atomic mass is 9.88. The third kappa shape index (κ3) is 5.22. The van der Waals surface area contributed by atoms with E-state index in [9.17, 15) is 4.79 Å². The van der Waals surface area contributed by atoms with Gasteiger partial charge >= 0.3 is 0 Å². The van der Waals surface area contributed by atoms with Gasteiger partial charge in [-0.3, -0.25) is 4.79 Å². The van der Waals surface area contributed by atoms with Gasteiger partial charge in [0.1, 0.15) is 0 Å². The van der Waals surface area contributed by atoms with Crippen molar-refractivity contribution in [1.82, 2.24) is 5.32 Å². The molecule has 1 amide bonds. The maximum absolute atomic E-state index is 11.7. The first-order chi connectivity index (χ1) is 6.40. The van der Waals surface area contributed by atoms with Gasteiger partial charge in [0, 0.05) is 12.0 Å². The first kappa shape index (κ1) is 13.4. The van der Waals surface area contributed by atoms with Crippen LogP contribution in [-0.4, -0.2) is 19.0 Å². The third-order valence-corrected chi connectivity index (χ3v) is 2.39. The molecule has 0 saturated heterocycles. The fourth-order valence-electron chi connectivity index (χ4n) is 1.19. The minimum Gasteiger partial charge on any atom is -0.356 e. The molecule has 0 aliphatic heterocycles. The Kier molecular flexibility index (Phi) is 5.77. The second-order valence-corrected chi connectivity index (χ2v) is 4.86. The van der Waals surface area contributed by atoms with Crippen molar-refractivity contribution in [2.45, 2.75) is 40.5 Å². The molecule has 0 aromatic heterocycles. The van der Waals surface area contributed by atoms with Gasteiger partial charge < -0.3 is 11.1 Å². The highest BCUT2D eigenvalue weighted by atomic mass is 16.2. The molecule has 3 nitrogen and oxygen atoms in total. The SMILES string of the molecule is CC(C)CCNC(=O)C(C)(C)CCN. The molecule has 0 saturated carbocycles.